The van der Waals surface area contributed by atoms with Crippen LogP contribution in [0.5, 0.6) is 11.5 Å². The van der Waals surface area contributed by atoms with Crippen LogP contribution >= 0.6 is 0 Å². The highest BCUT2D eigenvalue weighted by atomic mass is 16.5. The third kappa shape index (κ3) is 4.75. The molecule has 0 saturated carbocycles. The lowest BCUT2D eigenvalue weighted by atomic mass is 10.1. The Morgan fingerprint density at radius 2 is 2.25 bits per heavy atom. The van der Waals surface area contributed by atoms with Crippen molar-refractivity contribution < 1.29 is 18.7 Å². The van der Waals surface area contributed by atoms with Gasteiger partial charge in [0.1, 0.15) is 23.4 Å². The van der Waals surface area contributed by atoms with Gasteiger partial charge >= 0.3 is 0 Å². The second-order valence-electron chi connectivity index (χ2n) is 7.14. The molecule has 6 heteroatoms. The fraction of sp³-hybridized carbons (Fsp3) is 0.409. The summed E-state index contributed by atoms with van der Waals surface area (Å²) in [4.78, 5) is 14.4. The highest BCUT2D eigenvalue weighted by Gasteiger charge is 2.21. The summed E-state index contributed by atoms with van der Waals surface area (Å²) < 4.78 is 17.0. The SMILES string of the molecule is CCOc1cc2c(cc1/C=C/C(=O)NCC(c1ccco1)N(C)C)OC(C)C2. The van der Waals surface area contributed by atoms with Crippen molar-refractivity contribution in [2.75, 3.05) is 27.2 Å². The Morgan fingerprint density at radius 3 is 2.93 bits per heavy atom. The van der Waals surface area contributed by atoms with Gasteiger partial charge in [-0.3, -0.25) is 9.69 Å². The summed E-state index contributed by atoms with van der Waals surface area (Å²) in [5.74, 6) is 2.28. The quantitative estimate of drug-likeness (QED) is 0.707. The third-order valence-electron chi connectivity index (χ3n) is 4.71. The molecular formula is C22H28N2O4. The monoisotopic (exact) mass is 384 g/mol. The number of rotatable bonds is 8. The smallest absolute Gasteiger partial charge is 0.244 e. The molecule has 1 aromatic heterocycles. The van der Waals surface area contributed by atoms with Crippen LogP contribution in [0.2, 0.25) is 0 Å². The molecule has 0 saturated heterocycles. The molecule has 1 N–H and O–H groups in total. The van der Waals surface area contributed by atoms with Crippen LogP contribution in [0.15, 0.2) is 41.0 Å². The van der Waals surface area contributed by atoms with Crippen LogP contribution in [0.4, 0.5) is 0 Å². The number of nitrogens with one attached hydrogen (secondary N) is 1. The van der Waals surface area contributed by atoms with Crippen molar-refractivity contribution in [3.05, 3.63) is 53.5 Å². The minimum Gasteiger partial charge on any atom is -0.493 e. The summed E-state index contributed by atoms with van der Waals surface area (Å²) in [6.07, 6.45) is 5.97. The predicted molar refractivity (Wildman–Crippen MR) is 109 cm³/mol. The molecular weight excluding hydrogens is 356 g/mol. The lowest BCUT2D eigenvalue weighted by molar-refractivity contribution is -0.116. The van der Waals surface area contributed by atoms with Crippen molar-refractivity contribution in [1.29, 1.82) is 0 Å². The van der Waals surface area contributed by atoms with E-state index < -0.39 is 0 Å². The van der Waals surface area contributed by atoms with Gasteiger partial charge < -0.3 is 19.2 Å². The molecule has 0 aliphatic carbocycles. The molecule has 0 bridgehead atoms. The largest absolute Gasteiger partial charge is 0.493 e. The van der Waals surface area contributed by atoms with Crippen LogP contribution in [0.25, 0.3) is 6.08 Å². The van der Waals surface area contributed by atoms with Gasteiger partial charge in [0.25, 0.3) is 0 Å². The van der Waals surface area contributed by atoms with Crippen molar-refractivity contribution in [3.8, 4) is 11.5 Å². The van der Waals surface area contributed by atoms with Crippen LogP contribution in [0, 0.1) is 0 Å². The molecule has 0 spiro atoms. The number of likely N-dealkylation sites (N-methyl/N-ethyl adjacent to an activating group) is 1. The summed E-state index contributed by atoms with van der Waals surface area (Å²) in [7, 11) is 3.91. The van der Waals surface area contributed by atoms with Gasteiger partial charge in [0.2, 0.25) is 5.91 Å². The second kappa shape index (κ2) is 8.97. The highest BCUT2D eigenvalue weighted by Crippen LogP contribution is 2.35. The summed E-state index contributed by atoms with van der Waals surface area (Å²) in [5.41, 5.74) is 1.98. The van der Waals surface area contributed by atoms with E-state index in [4.69, 9.17) is 13.9 Å². The normalized spacial score (nSPS) is 16.8. The molecule has 28 heavy (non-hydrogen) atoms. The van der Waals surface area contributed by atoms with Crippen LogP contribution in [-0.2, 0) is 11.2 Å². The van der Waals surface area contributed by atoms with Crippen molar-refractivity contribution in [2.24, 2.45) is 0 Å². The van der Waals surface area contributed by atoms with E-state index in [1.807, 2.05) is 57.1 Å². The second-order valence-corrected chi connectivity index (χ2v) is 7.14. The fourth-order valence-electron chi connectivity index (χ4n) is 3.31. The first-order chi connectivity index (χ1) is 13.5. The Labute approximate surface area is 166 Å². The number of hydrogen-bond donors (Lipinski definition) is 1. The van der Waals surface area contributed by atoms with E-state index in [0.717, 1.165) is 34.8 Å². The molecule has 1 aliphatic heterocycles. The average molecular weight is 384 g/mol. The number of furan rings is 1. The fourth-order valence-corrected chi connectivity index (χ4v) is 3.31. The third-order valence-corrected chi connectivity index (χ3v) is 4.71. The predicted octanol–water partition coefficient (Wildman–Crippen LogP) is 3.43. The minimum atomic E-state index is -0.171. The van der Waals surface area contributed by atoms with Crippen LogP contribution < -0.4 is 14.8 Å². The molecule has 0 fully saturated rings. The van der Waals surface area contributed by atoms with Gasteiger partial charge in [-0.05, 0) is 58.3 Å². The lowest BCUT2D eigenvalue weighted by Crippen LogP contribution is -2.33. The lowest BCUT2D eigenvalue weighted by Gasteiger charge is -2.22. The van der Waals surface area contributed by atoms with Gasteiger partial charge in [-0.25, -0.2) is 0 Å². The van der Waals surface area contributed by atoms with E-state index in [0.29, 0.717) is 13.2 Å². The van der Waals surface area contributed by atoms with Gasteiger partial charge in [-0.15, -0.1) is 0 Å². The molecule has 2 heterocycles. The molecule has 1 amide bonds. The Balaban J connectivity index is 1.67. The van der Waals surface area contributed by atoms with Gasteiger partial charge in [-0.2, -0.15) is 0 Å². The molecule has 1 aromatic carbocycles. The van der Waals surface area contributed by atoms with E-state index in [-0.39, 0.29) is 18.1 Å². The molecule has 150 valence electrons. The van der Waals surface area contributed by atoms with Crippen molar-refractivity contribution in [1.82, 2.24) is 10.2 Å². The van der Waals surface area contributed by atoms with Gasteiger partial charge in [0.15, 0.2) is 0 Å². The molecule has 0 radical (unpaired) electrons. The summed E-state index contributed by atoms with van der Waals surface area (Å²) >= 11 is 0. The van der Waals surface area contributed by atoms with Gasteiger partial charge in [-0.1, -0.05) is 0 Å². The van der Waals surface area contributed by atoms with E-state index in [2.05, 4.69) is 5.32 Å². The highest BCUT2D eigenvalue weighted by molar-refractivity contribution is 5.92. The topological polar surface area (TPSA) is 63.9 Å². The first-order valence-electron chi connectivity index (χ1n) is 9.60. The average Bonchev–Trinajstić information content (AvgIpc) is 3.28. The Morgan fingerprint density at radius 1 is 1.43 bits per heavy atom. The van der Waals surface area contributed by atoms with Crippen molar-refractivity contribution in [3.63, 3.8) is 0 Å². The molecule has 2 aromatic rings. The molecule has 6 nitrogen and oxygen atoms in total. The molecule has 2 atom stereocenters. The zero-order chi connectivity index (χ0) is 20.1. The molecule has 3 rings (SSSR count). The van der Waals surface area contributed by atoms with E-state index in [1.165, 1.54) is 6.08 Å². The number of fused-ring (bicyclic) bond motifs is 1. The van der Waals surface area contributed by atoms with E-state index in [1.54, 1.807) is 12.3 Å². The zero-order valence-corrected chi connectivity index (χ0v) is 16.9. The Hall–Kier alpha value is -2.73. The Kier molecular flexibility index (Phi) is 6.41. The number of hydrogen-bond acceptors (Lipinski definition) is 5. The van der Waals surface area contributed by atoms with E-state index in [9.17, 15) is 4.79 Å². The van der Waals surface area contributed by atoms with Crippen molar-refractivity contribution in [2.45, 2.75) is 32.4 Å². The van der Waals surface area contributed by atoms with Crippen molar-refractivity contribution >= 4 is 12.0 Å². The van der Waals surface area contributed by atoms with Gasteiger partial charge in [0.05, 0.1) is 18.9 Å². The summed E-state index contributed by atoms with van der Waals surface area (Å²) in [5, 5.41) is 2.93. The summed E-state index contributed by atoms with van der Waals surface area (Å²) in [6.45, 7) is 5.01. The Bertz CT molecular complexity index is 827. The number of carbonyl (C=O) groups excluding carboxylic acids is 1. The number of amides is 1. The van der Waals surface area contributed by atoms with Gasteiger partial charge in [0, 0.05) is 30.2 Å². The number of carbonyl (C=O) groups is 1. The molecule has 1 aliphatic rings. The van der Waals surface area contributed by atoms with Crippen LogP contribution in [0.3, 0.4) is 0 Å². The van der Waals surface area contributed by atoms with Crippen LogP contribution in [0.1, 0.15) is 36.8 Å². The first kappa shape index (κ1) is 20.0. The molecule has 2 unspecified atom stereocenters. The number of nitrogens with zero attached hydrogens (tertiary/aromatic N) is 1. The zero-order valence-electron chi connectivity index (χ0n) is 16.9. The van der Waals surface area contributed by atoms with E-state index >= 15 is 0 Å². The maximum Gasteiger partial charge on any atom is 0.244 e. The standard InChI is InChI=1S/C22H28N2O4/c1-5-26-20-13-17-11-15(2)28-21(17)12-16(20)8-9-22(25)23-14-18(24(3)4)19-7-6-10-27-19/h6-10,12-13,15,18H,5,11,14H2,1-4H3,(H,23,25)/b9-8+. The number of benzene rings is 1. The number of ether oxygens (including phenoxy) is 2. The summed E-state index contributed by atoms with van der Waals surface area (Å²) in [6, 6.07) is 7.69. The minimum absolute atomic E-state index is 0.0267. The maximum atomic E-state index is 12.3. The van der Waals surface area contributed by atoms with Crippen LogP contribution in [-0.4, -0.2) is 44.2 Å². The first-order valence-corrected chi connectivity index (χ1v) is 9.60. The maximum absolute atomic E-state index is 12.3.